The van der Waals surface area contributed by atoms with E-state index >= 15 is 0 Å². The van der Waals surface area contributed by atoms with Gasteiger partial charge in [0.1, 0.15) is 11.8 Å². The normalized spacial score (nSPS) is 15.2. The Kier molecular flexibility index (Phi) is 7.35. The molecule has 0 saturated carbocycles. The highest BCUT2D eigenvalue weighted by atomic mass is 19.4. The highest BCUT2D eigenvalue weighted by Crippen LogP contribution is 2.29. The summed E-state index contributed by atoms with van der Waals surface area (Å²) in [5.41, 5.74) is 3.37. The zero-order chi connectivity index (χ0) is 25.0. The second kappa shape index (κ2) is 10.4. The van der Waals surface area contributed by atoms with Gasteiger partial charge in [0.2, 0.25) is 5.82 Å². The molecule has 35 heavy (non-hydrogen) atoms. The molecule has 0 amide bonds. The number of alkyl halides is 3. The minimum absolute atomic E-state index is 0.0765. The third-order valence-electron chi connectivity index (χ3n) is 5.70. The Bertz CT molecular complexity index is 1220. The average molecular weight is 488 g/mol. The van der Waals surface area contributed by atoms with Crippen LogP contribution in [0.4, 0.5) is 13.2 Å². The van der Waals surface area contributed by atoms with Crippen molar-refractivity contribution in [1.29, 1.82) is 5.26 Å². The molecule has 0 saturated heterocycles. The molecule has 1 aliphatic heterocycles. The Hall–Kier alpha value is -3.46. The molecule has 0 aliphatic carbocycles. The molecule has 1 aliphatic rings. The molecule has 1 atom stereocenters. The first-order valence-electron chi connectivity index (χ1n) is 11.0. The lowest BCUT2D eigenvalue weighted by atomic mass is 10.00. The monoisotopic (exact) mass is 488 g/mol. The van der Waals surface area contributed by atoms with Gasteiger partial charge in [-0.1, -0.05) is 17.3 Å². The first-order chi connectivity index (χ1) is 16.8. The number of hydrogen-bond acceptors (Lipinski definition) is 8. The zero-order valence-electron chi connectivity index (χ0n) is 18.6. The van der Waals surface area contributed by atoms with Crippen LogP contribution < -0.4 is 4.74 Å². The number of aliphatic hydroxyl groups is 2. The molecule has 0 fully saturated rings. The van der Waals surface area contributed by atoms with Crippen LogP contribution in [0.15, 0.2) is 40.9 Å². The molecule has 0 radical (unpaired) electrons. The number of β-amino-alcohol motifs (C(OH)–C–C–N with tert-alkyl or cyclic N) is 1. The SMILES string of the molecule is N#Cc1cc(-c2nc(-c3ccc4c(c3)CCN(C[C@H](O)CO)CC4)no2)ccc1OCC(F)(F)F. The van der Waals surface area contributed by atoms with Gasteiger partial charge in [0.15, 0.2) is 6.61 Å². The third kappa shape index (κ3) is 6.16. The van der Waals surface area contributed by atoms with Crippen molar-refractivity contribution in [3.63, 3.8) is 0 Å². The minimum atomic E-state index is -4.51. The fourth-order valence-corrected chi connectivity index (χ4v) is 3.94. The molecular formula is C24H23F3N4O4. The van der Waals surface area contributed by atoms with E-state index in [1.807, 2.05) is 24.3 Å². The molecule has 184 valence electrons. The van der Waals surface area contributed by atoms with Gasteiger partial charge in [-0.15, -0.1) is 0 Å². The molecule has 1 aromatic heterocycles. The molecular weight excluding hydrogens is 465 g/mol. The van der Waals surface area contributed by atoms with Crippen molar-refractivity contribution < 1.29 is 32.6 Å². The number of benzene rings is 2. The van der Waals surface area contributed by atoms with Crippen LogP contribution in [-0.4, -0.2) is 70.4 Å². The smallest absolute Gasteiger partial charge is 0.422 e. The van der Waals surface area contributed by atoms with Crippen LogP contribution >= 0.6 is 0 Å². The number of halogens is 3. The number of ether oxygens (including phenoxy) is 1. The standard InChI is InChI=1S/C24H23F3N4O4/c25-24(26,27)14-34-21-4-3-18(10-19(21)11-28)23-29-22(30-35-23)17-2-1-15-5-7-31(12-20(33)13-32)8-6-16(15)9-17/h1-4,9-10,20,32-33H,5-8,12-14H2/t20-/m0/s1. The maximum absolute atomic E-state index is 12.4. The molecule has 11 heteroatoms. The highest BCUT2D eigenvalue weighted by Gasteiger charge is 2.29. The third-order valence-corrected chi connectivity index (χ3v) is 5.70. The van der Waals surface area contributed by atoms with E-state index in [0.29, 0.717) is 17.9 Å². The van der Waals surface area contributed by atoms with Gasteiger partial charge in [0.05, 0.1) is 18.3 Å². The Morgan fingerprint density at radius 1 is 1.11 bits per heavy atom. The van der Waals surface area contributed by atoms with Gasteiger partial charge in [-0.05, 0) is 48.2 Å². The summed E-state index contributed by atoms with van der Waals surface area (Å²) in [4.78, 5) is 6.51. The molecule has 0 spiro atoms. The maximum Gasteiger partial charge on any atom is 0.422 e. The van der Waals surface area contributed by atoms with Gasteiger partial charge in [-0.3, -0.25) is 0 Å². The van der Waals surface area contributed by atoms with E-state index < -0.39 is 18.9 Å². The number of nitriles is 1. The summed E-state index contributed by atoms with van der Waals surface area (Å²) in [6, 6.07) is 11.8. The summed E-state index contributed by atoms with van der Waals surface area (Å²) in [5.74, 6) is 0.285. The predicted molar refractivity (Wildman–Crippen MR) is 118 cm³/mol. The van der Waals surface area contributed by atoms with Crippen LogP contribution in [0.25, 0.3) is 22.8 Å². The van der Waals surface area contributed by atoms with Gasteiger partial charge < -0.3 is 24.4 Å². The summed E-state index contributed by atoms with van der Waals surface area (Å²) in [6.45, 7) is 0.164. The Labute approximate surface area is 199 Å². The number of fused-ring (bicyclic) bond motifs is 1. The fourth-order valence-electron chi connectivity index (χ4n) is 3.94. The van der Waals surface area contributed by atoms with Gasteiger partial charge >= 0.3 is 6.18 Å². The van der Waals surface area contributed by atoms with Crippen LogP contribution in [0.2, 0.25) is 0 Å². The number of aliphatic hydroxyl groups excluding tert-OH is 2. The predicted octanol–water partition coefficient (Wildman–Crippen LogP) is 2.97. The van der Waals surface area contributed by atoms with Crippen molar-refractivity contribution in [2.75, 3.05) is 32.8 Å². The molecule has 4 rings (SSSR count). The Balaban J connectivity index is 1.50. The summed E-state index contributed by atoms with van der Waals surface area (Å²) < 4.78 is 47.4. The minimum Gasteiger partial charge on any atom is -0.483 e. The van der Waals surface area contributed by atoms with Crippen molar-refractivity contribution in [2.45, 2.75) is 25.1 Å². The van der Waals surface area contributed by atoms with E-state index in [2.05, 4.69) is 15.0 Å². The van der Waals surface area contributed by atoms with Crippen molar-refractivity contribution in [1.82, 2.24) is 15.0 Å². The quantitative estimate of drug-likeness (QED) is 0.522. The van der Waals surface area contributed by atoms with E-state index in [0.717, 1.165) is 37.1 Å². The van der Waals surface area contributed by atoms with Gasteiger partial charge in [-0.2, -0.15) is 23.4 Å². The lowest BCUT2D eigenvalue weighted by Gasteiger charge is -2.21. The second-order valence-corrected chi connectivity index (χ2v) is 8.27. The number of hydrogen-bond donors (Lipinski definition) is 2. The largest absolute Gasteiger partial charge is 0.483 e. The van der Waals surface area contributed by atoms with Crippen molar-refractivity contribution in [3.8, 4) is 34.7 Å². The Morgan fingerprint density at radius 2 is 1.86 bits per heavy atom. The number of rotatable bonds is 7. The molecule has 8 nitrogen and oxygen atoms in total. The van der Waals surface area contributed by atoms with Crippen LogP contribution in [0.1, 0.15) is 16.7 Å². The number of aromatic nitrogens is 2. The van der Waals surface area contributed by atoms with E-state index in [-0.39, 0.29) is 23.8 Å². The fraction of sp³-hybridized carbons (Fsp3) is 0.375. The summed E-state index contributed by atoms with van der Waals surface area (Å²) in [7, 11) is 0. The molecule has 0 unspecified atom stereocenters. The van der Waals surface area contributed by atoms with Crippen molar-refractivity contribution in [3.05, 3.63) is 53.1 Å². The van der Waals surface area contributed by atoms with Gasteiger partial charge in [-0.25, -0.2) is 0 Å². The summed E-state index contributed by atoms with van der Waals surface area (Å²) in [5, 5.41) is 32.2. The molecule has 0 bridgehead atoms. The Morgan fingerprint density at radius 3 is 2.57 bits per heavy atom. The van der Waals surface area contributed by atoms with Gasteiger partial charge in [0, 0.05) is 30.8 Å². The summed E-state index contributed by atoms with van der Waals surface area (Å²) in [6.07, 6.45) is -3.71. The number of nitrogens with zero attached hydrogens (tertiary/aromatic N) is 4. The van der Waals surface area contributed by atoms with Crippen LogP contribution in [0.3, 0.4) is 0 Å². The molecule has 2 heterocycles. The van der Waals surface area contributed by atoms with E-state index in [1.165, 1.54) is 23.8 Å². The van der Waals surface area contributed by atoms with Gasteiger partial charge in [0.25, 0.3) is 5.89 Å². The lowest BCUT2D eigenvalue weighted by molar-refractivity contribution is -0.153. The van der Waals surface area contributed by atoms with Crippen LogP contribution in [0, 0.1) is 11.3 Å². The topological polar surface area (TPSA) is 116 Å². The maximum atomic E-state index is 12.4. The van der Waals surface area contributed by atoms with Crippen LogP contribution in [0.5, 0.6) is 5.75 Å². The second-order valence-electron chi connectivity index (χ2n) is 8.27. The highest BCUT2D eigenvalue weighted by molar-refractivity contribution is 5.64. The average Bonchev–Trinajstić information content (AvgIpc) is 3.25. The van der Waals surface area contributed by atoms with Crippen LogP contribution in [-0.2, 0) is 12.8 Å². The lowest BCUT2D eigenvalue weighted by Crippen LogP contribution is -2.35. The first-order valence-corrected chi connectivity index (χ1v) is 11.0. The van der Waals surface area contributed by atoms with E-state index in [4.69, 9.17) is 14.4 Å². The van der Waals surface area contributed by atoms with Crippen molar-refractivity contribution in [2.24, 2.45) is 0 Å². The molecule has 2 aromatic carbocycles. The first kappa shape index (κ1) is 24.7. The molecule has 2 N–H and O–H groups in total. The zero-order valence-corrected chi connectivity index (χ0v) is 18.6. The van der Waals surface area contributed by atoms with E-state index in [9.17, 15) is 23.5 Å². The van der Waals surface area contributed by atoms with E-state index in [1.54, 1.807) is 0 Å². The summed E-state index contributed by atoms with van der Waals surface area (Å²) >= 11 is 0. The van der Waals surface area contributed by atoms with Crippen molar-refractivity contribution >= 4 is 0 Å². The molecule has 3 aromatic rings.